The lowest BCUT2D eigenvalue weighted by Crippen LogP contribution is -2.08. The second-order valence-corrected chi connectivity index (χ2v) is 5.04. The summed E-state index contributed by atoms with van der Waals surface area (Å²) in [5, 5.41) is 0.983. The van der Waals surface area contributed by atoms with E-state index < -0.39 is 0 Å². The van der Waals surface area contributed by atoms with Gasteiger partial charge in [-0.2, -0.15) is 0 Å². The molecule has 0 aliphatic rings. The van der Waals surface area contributed by atoms with Gasteiger partial charge in [0.25, 0.3) is 0 Å². The number of benzene rings is 1. The predicted octanol–water partition coefficient (Wildman–Crippen LogP) is 6.07. The second-order valence-electron chi connectivity index (χ2n) is 5.04. The van der Waals surface area contributed by atoms with Gasteiger partial charge in [0.2, 0.25) is 0 Å². The van der Waals surface area contributed by atoms with Gasteiger partial charge in [0.15, 0.2) is 0 Å². The molecule has 25 heavy (non-hydrogen) atoms. The molecule has 1 aromatic carbocycles. The van der Waals surface area contributed by atoms with Crippen LogP contribution in [0.3, 0.4) is 0 Å². The van der Waals surface area contributed by atoms with E-state index in [0.717, 1.165) is 23.0 Å². The highest BCUT2D eigenvalue weighted by Gasteiger charge is 2.19. The van der Waals surface area contributed by atoms with Crippen LogP contribution >= 0.6 is 0 Å². The molecule has 1 atom stereocenters. The van der Waals surface area contributed by atoms with E-state index in [4.69, 9.17) is 0 Å². The molecule has 0 saturated carbocycles. The van der Waals surface area contributed by atoms with Crippen LogP contribution in [0.1, 0.15) is 64.0 Å². The number of nitrogens with zero attached hydrogens (tertiary/aromatic N) is 3. The van der Waals surface area contributed by atoms with Gasteiger partial charge in [0.05, 0.1) is 11.7 Å². The maximum absolute atomic E-state index is 14.1. The molecule has 0 aliphatic heterocycles. The second kappa shape index (κ2) is 10.5. The van der Waals surface area contributed by atoms with Crippen LogP contribution in [-0.2, 0) is 0 Å². The van der Waals surface area contributed by atoms with E-state index in [2.05, 4.69) is 15.0 Å². The fourth-order valence-electron chi connectivity index (χ4n) is 2.62. The highest BCUT2D eigenvalue weighted by molar-refractivity contribution is 5.79. The van der Waals surface area contributed by atoms with Crippen LogP contribution in [-0.4, -0.2) is 15.0 Å². The monoisotopic (exact) mass is 341 g/mol. The highest BCUT2D eigenvalue weighted by atomic mass is 19.1. The van der Waals surface area contributed by atoms with Crippen LogP contribution in [0, 0.1) is 12.7 Å². The van der Waals surface area contributed by atoms with Crippen LogP contribution in [0.15, 0.2) is 42.7 Å². The van der Waals surface area contributed by atoms with Gasteiger partial charge >= 0.3 is 0 Å². The Hall–Kier alpha value is -2.36. The van der Waals surface area contributed by atoms with Crippen molar-refractivity contribution in [3.8, 4) is 0 Å². The fourth-order valence-corrected chi connectivity index (χ4v) is 2.62. The number of hydrogen-bond acceptors (Lipinski definition) is 3. The Morgan fingerprint density at radius 1 is 1.00 bits per heavy atom. The van der Waals surface area contributed by atoms with Crippen molar-refractivity contribution in [2.75, 3.05) is 0 Å². The fraction of sp³-hybridized carbons (Fsp3) is 0.381. The molecular weight excluding hydrogens is 313 g/mol. The summed E-state index contributed by atoms with van der Waals surface area (Å²) in [6, 6.07) is 8.72. The van der Waals surface area contributed by atoms with Crippen molar-refractivity contribution in [3.05, 3.63) is 65.6 Å². The van der Waals surface area contributed by atoms with Crippen molar-refractivity contribution in [1.82, 2.24) is 15.0 Å². The summed E-state index contributed by atoms with van der Waals surface area (Å²) in [5.74, 6) is 0.298. The first-order chi connectivity index (χ1) is 12.2. The largest absolute Gasteiger partial charge is 0.262 e. The lowest BCUT2D eigenvalue weighted by molar-refractivity contribution is 0.584. The highest BCUT2D eigenvalue weighted by Crippen LogP contribution is 2.28. The molecule has 3 nitrogen and oxygen atoms in total. The van der Waals surface area contributed by atoms with Crippen LogP contribution in [0.4, 0.5) is 4.39 Å². The van der Waals surface area contributed by atoms with E-state index in [9.17, 15) is 4.39 Å². The zero-order valence-electron chi connectivity index (χ0n) is 16.0. The normalized spacial score (nSPS) is 11.0. The summed E-state index contributed by atoms with van der Waals surface area (Å²) in [7, 11) is 0. The van der Waals surface area contributed by atoms with Gasteiger partial charge in [0.1, 0.15) is 11.6 Å². The first-order valence-corrected chi connectivity index (χ1v) is 9.03. The van der Waals surface area contributed by atoms with Crippen LogP contribution < -0.4 is 0 Å². The summed E-state index contributed by atoms with van der Waals surface area (Å²) in [4.78, 5) is 13.3. The molecule has 2 aromatic heterocycles. The summed E-state index contributed by atoms with van der Waals surface area (Å²) in [5.41, 5.74) is 2.34. The zero-order chi connectivity index (χ0) is 18.8. The van der Waals surface area contributed by atoms with E-state index >= 15 is 0 Å². The first-order valence-electron chi connectivity index (χ1n) is 9.03. The Labute approximate surface area is 150 Å². The maximum atomic E-state index is 14.1. The van der Waals surface area contributed by atoms with Gasteiger partial charge < -0.3 is 0 Å². The van der Waals surface area contributed by atoms with Crippen molar-refractivity contribution in [2.45, 2.75) is 53.9 Å². The third kappa shape index (κ3) is 4.81. The number of pyridine rings is 1. The Balaban J connectivity index is 0.000000730. The minimum absolute atomic E-state index is 0.144. The van der Waals surface area contributed by atoms with E-state index in [0.29, 0.717) is 11.4 Å². The number of aromatic nitrogens is 3. The lowest BCUT2D eigenvalue weighted by Gasteiger charge is -2.16. The topological polar surface area (TPSA) is 38.7 Å². The summed E-state index contributed by atoms with van der Waals surface area (Å²) in [6.07, 6.45) is 4.19. The molecule has 134 valence electrons. The summed E-state index contributed by atoms with van der Waals surface area (Å²) < 4.78 is 14.1. The zero-order valence-corrected chi connectivity index (χ0v) is 16.0. The van der Waals surface area contributed by atoms with Crippen molar-refractivity contribution in [1.29, 1.82) is 0 Å². The first kappa shape index (κ1) is 20.7. The van der Waals surface area contributed by atoms with Gasteiger partial charge in [-0.05, 0) is 31.0 Å². The molecular formula is C21H28FN3. The van der Waals surface area contributed by atoms with Crippen molar-refractivity contribution in [3.63, 3.8) is 0 Å². The number of fused-ring (bicyclic) bond motifs is 1. The molecule has 0 N–H and O–H groups in total. The van der Waals surface area contributed by atoms with Crippen LogP contribution in [0.25, 0.3) is 10.9 Å². The molecule has 0 aliphatic carbocycles. The number of aryl methyl sites for hydroxylation is 1. The Kier molecular flexibility index (Phi) is 8.68. The standard InChI is InChI=1S/C17H16FN3.2C2H6/c1-3-12(14-6-4-5-7-15(14)18)17-20-11(2)13-8-9-19-10-16(13)21-17;2*1-2/h4-10,12H,3H2,1-2H3;2*1-2H3. The van der Waals surface area contributed by atoms with Crippen LogP contribution in [0.2, 0.25) is 0 Å². The average Bonchev–Trinajstić information content (AvgIpc) is 2.67. The Morgan fingerprint density at radius 3 is 2.32 bits per heavy atom. The van der Waals surface area contributed by atoms with E-state index in [1.54, 1.807) is 24.5 Å². The Bertz CT molecular complexity index is 787. The van der Waals surface area contributed by atoms with Gasteiger partial charge in [0, 0.05) is 23.2 Å². The molecule has 0 bridgehead atoms. The third-order valence-electron chi connectivity index (χ3n) is 3.71. The number of hydrogen-bond donors (Lipinski definition) is 0. The lowest BCUT2D eigenvalue weighted by atomic mass is 9.95. The summed E-state index contributed by atoms with van der Waals surface area (Å²) in [6.45, 7) is 12.0. The van der Waals surface area contributed by atoms with Gasteiger partial charge in [-0.25, -0.2) is 14.4 Å². The van der Waals surface area contributed by atoms with Gasteiger partial charge in [-0.15, -0.1) is 0 Å². The average molecular weight is 341 g/mol. The van der Waals surface area contributed by atoms with Crippen molar-refractivity contribution < 1.29 is 4.39 Å². The molecule has 3 aromatic rings. The minimum Gasteiger partial charge on any atom is -0.262 e. The molecule has 0 fully saturated rings. The molecule has 0 spiro atoms. The molecule has 3 rings (SSSR count). The molecule has 0 amide bonds. The summed E-state index contributed by atoms with van der Waals surface area (Å²) >= 11 is 0. The smallest absolute Gasteiger partial charge is 0.136 e. The molecule has 0 saturated heterocycles. The van der Waals surface area contributed by atoms with Crippen LogP contribution in [0.5, 0.6) is 0 Å². The molecule has 2 heterocycles. The van der Waals surface area contributed by atoms with Gasteiger partial charge in [-0.3, -0.25) is 4.98 Å². The van der Waals surface area contributed by atoms with E-state index in [1.165, 1.54) is 6.07 Å². The third-order valence-corrected chi connectivity index (χ3v) is 3.71. The number of rotatable bonds is 3. The van der Waals surface area contributed by atoms with Gasteiger partial charge in [-0.1, -0.05) is 52.8 Å². The Morgan fingerprint density at radius 2 is 1.68 bits per heavy atom. The predicted molar refractivity (Wildman–Crippen MR) is 103 cm³/mol. The molecule has 0 radical (unpaired) electrons. The molecule has 1 unspecified atom stereocenters. The number of halogens is 1. The van der Waals surface area contributed by atoms with Crippen molar-refractivity contribution >= 4 is 10.9 Å². The van der Waals surface area contributed by atoms with Crippen molar-refractivity contribution in [2.24, 2.45) is 0 Å². The van der Waals surface area contributed by atoms with E-state index in [-0.39, 0.29) is 11.7 Å². The van der Waals surface area contributed by atoms with E-state index in [1.807, 2.05) is 53.7 Å². The SMILES string of the molecule is CC.CC.CCC(c1nc(C)c2ccncc2n1)c1ccccc1F. The molecule has 4 heteroatoms. The maximum Gasteiger partial charge on any atom is 0.136 e. The quantitative estimate of drug-likeness (QED) is 0.580. The minimum atomic E-state index is -0.211.